The highest BCUT2D eigenvalue weighted by atomic mass is 32.2. The summed E-state index contributed by atoms with van der Waals surface area (Å²) in [5, 5.41) is 3.13. The standard InChI is InChI=1S/C12H16N2O4S/c1-18-12(15)10-3-2-6-13-11(10)14-9-4-7-19(16,17)8-5-9/h2-3,6,9H,4-5,7-8H2,1H3,(H,13,14). The second-order valence-electron chi connectivity index (χ2n) is 4.46. The molecule has 1 fully saturated rings. The van der Waals surface area contributed by atoms with E-state index in [1.165, 1.54) is 7.11 Å². The number of methoxy groups -OCH3 is 1. The van der Waals surface area contributed by atoms with Gasteiger partial charge in [0.2, 0.25) is 0 Å². The van der Waals surface area contributed by atoms with E-state index >= 15 is 0 Å². The largest absolute Gasteiger partial charge is 0.465 e. The van der Waals surface area contributed by atoms with E-state index in [0.717, 1.165) is 0 Å². The van der Waals surface area contributed by atoms with Gasteiger partial charge in [-0.2, -0.15) is 0 Å². The van der Waals surface area contributed by atoms with Gasteiger partial charge in [0.15, 0.2) is 0 Å². The van der Waals surface area contributed by atoms with Crippen molar-refractivity contribution in [2.24, 2.45) is 0 Å². The maximum atomic E-state index is 11.6. The maximum Gasteiger partial charge on any atom is 0.341 e. The minimum atomic E-state index is -2.89. The summed E-state index contributed by atoms with van der Waals surface area (Å²) in [5.41, 5.74) is 0.360. The second-order valence-corrected chi connectivity index (χ2v) is 6.77. The van der Waals surface area contributed by atoms with Gasteiger partial charge in [-0.15, -0.1) is 0 Å². The molecule has 1 aliphatic rings. The first-order chi connectivity index (χ1) is 9.02. The first-order valence-electron chi connectivity index (χ1n) is 6.02. The normalized spacial score (nSPS) is 18.8. The fourth-order valence-electron chi connectivity index (χ4n) is 2.02. The third-order valence-corrected chi connectivity index (χ3v) is 4.82. The summed E-state index contributed by atoms with van der Waals surface area (Å²) in [5.74, 6) is 0.327. The molecular weight excluding hydrogens is 268 g/mol. The zero-order chi connectivity index (χ0) is 13.9. The van der Waals surface area contributed by atoms with E-state index < -0.39 is 15.8 Å². The lowest BCUT2D eigenvalue weighted by Crippen LogP contribution is -2.32. The Morgan fingerprint density at radius 1 is 1.42 bits per heavy atom. The van der Waals surface area contributed by atoms with Crippen molar-refractivity contribution in [3.63, 3.8) is 0 Å². The second kappa shape index (κ2) is 5.56. The van der Waals surface area contributed by atoms with Crippen LogP contribution in [-0.2, 0) is 14.6 Å². The number of nitrogens with one attached hydrogen (secondary N) is 1. The van der Waals surface area contributed by atoms with Gasteiger partial charge in [-0.1, -0.05) is 0 Å². The van der Waals surface area contributed by atoms with Crippen molar-refractivity contribution in [1.29, 1.82) is 0 Å². The van der Waals surface area contributed by atoms with Gasteiger partial charge in [0, 0.05) is 12.2 Å². The van der Waals surface area contributed by atoms with E-state index in [1.54, 1.807) is 18.3 Å². The Bertz CT molecular complexity index is 557. The number of hydrogen-bond acceptors (Lipinski definition) is 6. The molecule has 1 N–H and O–H groups in total. The third-order valence-electron chi connectivity index (χ3n) is 3.11. The molecule has 1 aliphatic heterocycles. The smallest absolute Gasteiger partial charge is 0.341 e. The van der Waals surface area contributed by atoms with E-state index in [-0.39, 0.29) is 17.5 Å². The molecule has 0 aliphatic carbocycles. The number of nitrogens with zero attached hydrogens (tertiary/aromatic N) is 1. The van der Waals surface area contributed by atoms with E-state index in [0.29, 0.717) is 24.2 Å². The Balaban J connectivity index is 2.10. The van der Waals surface area contributed by atoms with Crippen LogP contribution in [0.4, 0.5) is 5.82 Å². The van der Waals surface area contributed by atoms with Crippen LogP contribution < -0.4 is 5.32 Å². The molecule has 1 aromatic heterocycles. The summed E-state index contributed by atoms with van der Waals surface area (Å²) >= 11 is 0. The average molecular weight is 284 g/mol. The van der Waals surface area contributed by atoms with Gasteiger partial charge in [0.1, 0.15) is 21.2 Å². The molecule has 1 saturated heterocycles. The highest BCUT2D eigenvalue weighted by Crippen LogP contribution is 2.19. The highest BCUT2D eigenvalue weighted by Gasteiger charge is 2.25. The Labute approximate surface area is 112 Å². The van der Waals surface area contributed by atoms with E-state index in [9.17, 15) is 13.2 Å². The van der Waals surface area contributed by atoms with Crippen molar-refractivity contribution in [3.8, 4) is 0 Å². The summed E-state index contributed by atoms with van der Waals surface area (Å²) in [6.45, 7) is 0. The third kappa shape index (κ3) is 3.44. The van der Waals surface area contributed by atoms with Crippen LogP contribution in [0, 0.1) is 0 Å². The lowest BCUT2D eigenvalue weighted by atomic mass is 10.1. The number of ether oxygens (including phenoxy) is 1. The predicted molar refractivity (Wildman–Crippen MR) is 70.9 cm³/mol. The number of aromatic nitrogens is 1. The lowest BCUT2D eigenvalue weighted by molar-refractivity contribution is 0.0601. The average Bonchev–Trinajstić information content (AvgIpc) is 2.41. The number of pyridine rings is 1. The topological polar surface area (TPSA) is 85.4 Å². The first kappa shape index (κ1) is 13.8. The molecule has 0 spiro atoms. The van der Waals surface area contributed by atoms with Crippen LogP contribution in [0.15, 0.2) is 18.3 Å². The molecule has 0 amide bonds. The number of esters is 1. The zero-order valence-corrected chi connectivity index (χ0v) is 11.4. The fourth-order valence-corrected chi connectivity index (χ4v) is 3.51. The molecule has 0 atom stereocenters. The summed E-state index contributed by atoms with van der Waals surface area (Å²) < 4.78 is 27.4. The summed E-state index contributed by atoms with van der Waals surface area (Å²) in [6.07, 6.45) is 2.63. The van der Waals surface area contributed by atoms with Crippen molar-refractivity contribution in [2.45, 2.75) is 18.9 Å². The van der Waals surface area contributed by atoms with Crippen LogP contribution in [0.2, 0.25) is 0 Å². The number of rotatable bonds is 3. The van der Waals surface area contributed by atoms with Crippen molar-refractivity contribution < 1.29 is 17.9 Å². The molecule has 104 valence electrons. The molecule has 0 radical (unpaired) electrons. The van der Waals surface area contributed by atoms with Crippen molar-refractivity contribution >= 4 is 21.6 Å². The monoisotopic (exact) mass is 284 g/mol. The number of sulfone groups is 1. The van der Waals surface area contributed by atoms with Crippen LogP contribution in [0.25, 0.3) is 0 Å². The number of carbonyl (C=O) groups is 1. The van der Waals surface area contributed by atoms with Gasteiger partial charge >= 0.3 is 5.97 Å². The molecule has 19 heavy (non-hydrogen) atoms. The molecule has 1 aromatic rings. The van der Waals surface area contributed by atoms with Gasteiger partial charge < -0.3 is 10.1 Å². The quantitative estimate of drug-likeness (QED) is 0.828. The summed E-state index contributed by atoms with van der Waals surface area (Å²) in [6, 6.07) is 3.30. The Morgan fingerprint density at radius 2 is 2.11 bits per heavy atom. The van der Waals surface area contributed by atoms with E-state index in [1.807, 2.05) is 0 Å². The lowest BCUT2D eigenvalue weighted by Gasteiger charge is -2.24. The number of carbonyl (C=O) groups excluding carboxylic acids is 1. The molecule has 0 saturated carbocycles. The van der Waals surface area contributed by atoms with E-state index in [4.69, 9.17) is 0 Å². The van der Waals surface area contributed by atoms with Gasteiger partial charge in [-0.25, -0.2) is 18.2 Å². The fraction of sp³-hybridized carbons (Fsp3) is 0.500. The molecule has 2 rings (SSSR count). The van der Waals surface area contributed by atoms with Crippen LogP contribution in [0.3, 0.4) is 0 Å². The minimum absolute atomic E-state index is 0.0156. The predicted octanol–water partition coefficient (Wildman–Crippen LogP) is 0.857. The van der Waals surface area contributed by atoms with Crippen molar-refractivity contribution in [1.82, 2.24) is 4.98 Å². The van der Waals surface area contributed by atoms with Crippen LogP contribution in [0.1, 0.15) is 23.2 Å². The van der Waals surface area contributed by atoms with Gasteiger partial charge in [-0.05, 0) is 25.0 Å². The van der Waals surface area contributed by atoms with Crippen LogP contribution in [0.5, 0.6) is 0 Å². The van der Waals surface area contributed by atoms with Gasteiger partial charge in [0.05, 0.1) is 18.6 Å². The Hall–Kier alpha value is -1.63. The molecule has 0 bridgehead atoms. The Morgan fingerprint density at radius 3 is 2.74 bits per heavy atom. The number of hydrogen-bond donors (Lipinski definition) is 1. The van der Waals surface area contributed by atoms with Crippen molar-refractivity contribution in [2.75, 3.05) is 23.9 Å². The molecule has 0 aromatic carbocycles. The molecule has 6 nitrogen and oxygen atoms in total. The van der Waals surface area contributed by atoms with Crippen molar-refractivity contribution in [3.05, 3.63) is 23.9 Å². The van der Waals surface area contributed by atoms with Gasteiger partial charge in [-0.3, -0.25) is 0 Å². The molecular formula is C12H16N2O4S. The molecule has 2 heterocycles. The van der Waals surface area contributed by atoms with E-state index in [2.05, 4.69) is 15.0 Å². The summed E-state index contributed by atoms with van der Waals surface area (Å²) in [7, 11) is -1.58. The summed E-state index contributed by atoms with van der Waals surface area (Å²) in [4.78, 5) is 15.7. The van der Waals surface area contributed by atoms with Gasteiger partial charge in [0.25, 0.3) is 0 Å². The number of anilines is 1. The molecule has 0 unspecified atom stereocenters. The Kier molecular flexibility index (Phi) is 4.04. The highest BCUT2D eigenvalue weighted by molar-refractivity contribution is 7.91. The SMILES string of the molecule is COC(=O)c1cccnc1NC1CCS(=O)(=O)CC1. The maximum absolute atomic E-state index is 11.6. The van der Waals surface area contributed by atoms with Crippen LogP contribution in [-0.4, -0.2) is 44.0 Å². The van der Waals surface area contributed by atoms with Crippen LogP contribution >= 0.6 is 0 Å². The first-order valence-corrected chi connectivity index (χ1v) is 7.84. The minimum Gasteiger partial charge on any atom is -0.465 e. The molecule has 7 heteroatoms. The zero-order valence-electron chi connectivity index (χ0n) is 10.6.